The molecule has 0 aliphatic rings. The number of anilines is 2. The Kier molecular flexibility index (Phi) is 6.56. The summed E-state index contributed by atoms with van der Waals surface area (Å²) in [7, 11) is 0. The van der Waals surface area contributed by atoms with E-state index in [2.05, 4.69) is 43.9 Å². The van der Waals surface area contributed by atoms with Gasteiger partial charge in [-0.15, -0.1) is 0 Å². The average molecular weight is 409 g/mol. The second kappa shape index (κ2) is 9.29. The summed E-state index contributed by atoms with van der Waals surface area (Å²) in [6.07, 6.45) is 1.62. The number of aromatic nitrogens is 2. The van der Waals surface area contributed by atoms with Gasteiger partial charge in [0.1, 0.15) is 12.3 Å². The van der Waals surface area contributed by atoms with E-state index in [0.29, 0.717) is 23.6 Å². The van der Waals surface area contributed by atoms with Crippen LogP contribution in [0.3, 0.4) is 0 Å². The molecule has 0 aliphatic carbocycles. The molecule has 0 unspecified atom stereocenters. The summed E-state index contributed by atoms with van der Waals surface area (Å²) in [4.78, 5) is 13.3. The Balaban J connectivity index is 1.76. The maximum absolute atomic E-state index is 5.48. The van der Waals surface area contributed by atoms with Gasteiger partial charge in [-0.1, -0.05) is 17.7 Å². The number of guanidine groups is 1. The molecule has 1 aromatic carbocycles. The van der Waals surface area contributed by atoms with E-state index in [9.17, 15) is 0 Å². The lowest BCUT2D eigenvalue weighted by Crippen LogP contribution is -2.39. The van der Waals surface area contributed by atoms with E-state index in [1.54, 1.807) is 6.26 Å². The highest BCUT2D eigenvalue weighted by molar-refractivity contribution is 7.80. The summed E-state index contributed by atoms with van der Waals surface area (Å²) < 4.78 is 5.36. The molecule has 0 saturated heterocycles. The second-order valence-electron chi connectivity index (χ2n) is 6.74. The fourth-order valence-electron chi connectivity index (χ4n) is 2.77. The maximum Gasteiger partial charge on any atom is 0.229 e. The molecule has 3 aromatic rings. The zero-order chi connectivity index (χ0) is 20.8. The van der Waals surface area contributed by atoms with E-state index in [1.807, 2.05) is 51.1 Å². The monoisotopic (exact) mass is 408 g/mol. The molecule has 0 aliphatic heterocycles. The van der Waals surface area contributed by atoms with Crippen LogP contribution < -0.4 is 16.0 Å². The number of aryl methyl sites for hydroxylation is 4. The molecule has 0 bridgehead atoms. The van der Waals surface area contributed by atoms with E-state index < -0.39 is 0 Å². The first kappa shape index (κ1) is 20.5. The quantitative estimate of drug-likeness (QED) is 0.338. The Labute approximate surface area is 175 Å². The van der Waals surface area contributed by atoms with Gasteiger partial charge in [0.05, 0.1) is 6.26 Å². The van der Waals surface area contributed by atoms with E-state index in [0.717, 1.165) is 28.4 Å². The topological polar surface area (TPSA) is 87.4 Å². The lowest BCUT2D eigenvalue weighted by molar-refractivity contribution is 0.512. The molecule has 0 saturated carbocycles. The molecular formula is C21H24N6OS. The lowest BCUT2D eigenvalue weighted by atomic mass is 10.1. The first-order chi connectivity index (χ1) is 13.9. The predicted molar refractivity (Wildman–Crippen MR) is 120 cm³/mol. The van der Waals surface area contributed by atoms with Crippen molar-refractivity contribution in [2.24, 2.45) is 4.99 Å². The molecule has 7 nitrogen and oxygen atoms in total. The van der Waals surface area contributed by atoms with Crippen molar-refractivity contribution < 1.29 is 4.42 Å². The molecule has 0 radical (unpaired) electrons. The van der Waals surface area contributed by atoms with Crippen LogP contribution in [0.4, 0.5) is 11.6 Å². The Bertz CT molecular complexity index is 1010. The second-order valence-corrected chi connectivity index (χ2v) is 7.15. The van der Waals surface area contributed by atoms with Crippen LogP contribution >= 0.6 is 12.2 Å². The van der Waals surface area contributed by atoms with Gasteiger partial charge in [0.25, 0.3) is 0 Å². The van der Waals surface area contributed by atoms with Crippen molar-refractivity contribution in [2.75, 3.05) is 10.6 Å². The van der Waals surface area contributed by atoms with Crippen LogP contribution in [0.5, 0.6) is 0 Å². The third-order valence-electron chi connectivity index (χ3n) is 4.05. The zero-order valence-electron chi connectivity index (χ0n) is 16.9. The molecule has 0 spiro atoms. The van der Waals surface area contributed by atoms with E-state index in [1.165, 1.54) is 5.56 Å². The molecule has 2 aromatic heterocycles. The Morgan fingerprint density at radius 2 is 1.79 bits per heavy atom. The van der Waals surface area contributed by atoms with Crippen LogP contribution in [0, 0.1) is 27.7 Å². The highest BCUT2D eigenvalue weighted by Gasteiger charge is 2.09. The smallest absolute Gasteiger partial charge is 0.229 e. The summed E-state index contributed by atoms with van der Waals surface area (Å²) in [5.74, 6) is 1.61. The number of furan rings is 1. The third kappa shape index (κ3) is 6.11. The number of aliphatic imine (C=N–C) groups is 1. The van der Waals surface area contributed by atoms with Crippen LogP contribution in [0.1, 0.15) is 28.3 Å². The van der Waals surface area contributed by atoms with Crippen molar-refractivity contribution >= 4 is 34.9 Å². The van der Waals surface area contributed by atoms with Crippen LogP contribution in [-0.4, -0.2) is 21.0 Å². The number of nitrogens with one attached hydrogen (secondary N) is 3. The molecule has 0 fully saturated rings. The van der Waals surface area contributed by atoms with E-state index in [4.69, 9.17) is 16.6 Å². The number of hydrogen-bond acceptors (Lipinski definition) is 5. The largest absolute Gasteiger partial charge is 0.467 e. The molecule has 0 amide bonds. The summed E-state index contributed by atoms with van der Waals surface area (Å²) in [6.45, 7) is 8.27. The number of nitrogens with zero attached hydrogens (tertiary/aromatic N) is 3. The van der Waals surface area contributed by atoms with Gasteiger partial charge in [-0.05, 0) is 69.7 Å². The number of benzene rings is 1. The van der Waals surface area contributed by atoms with Crippen molar-refractivity contribution in [1.29, 1.82) is 0 Å². The fourth-order valence-corrected chi connectivity index (χ4v) is 2.98. The first-order valence-corrected chi connectivity index (χ1v) is 9.61. The van der Waals surface area contributed by atoms with E-state index >= 15 is 0 Å². The van der Waals surface area contributed by atoms with Crippen molar-refractivity contribution in [1.82, 2.24) is 15.3 Å². The molecule has 3 N–H and O–H groups in total. The highest BCUT2D eigenvalue weighted by Crippen LogP contribution is 2.15. The number of rotatable bonds is 4. The first-order valence-electron chi connectivity index (χ1n) is 9.20. The molecule has 3 rings (SSSR count). The average Bonchev–Trinajstić information content (AvgIpc) is 3.15. The highest BCUT2D eigenvalue weighted by atomic mass is 32.1. The van der Waals surface area contributed by atoms with Gasteiger partial charge in [-0.2, -0.15) is 0 Å². The van der Waals surface area contributed by atoms with Gasteiger partial charge in [0, 0.05) is 17.1 Å². The molecule has 0 atom stereocenters. The Morgan fingerprint density at radius 3 is 2.45 bits per heavy atom. The number of thiocarbonyl (C=S) groups is 1. The molecule has 2 heterocycles. The standard InChI is InChI=1S/C21H24N6OS/c1-13-7-8-18(14(2)10-13)25-21(29)27-19(22-12-17-6-5-9-28-17)26-20-23-15(3)11-16(4)24-20/h5-11H,12H2,1-4H3,(H3,22,23,24,25,26,27,29). The van der Waals surface area contributed by atoms with Gasteiger partial charge >= 0.3 is 0 Å². The molecule has 8 heteroatoms. The fraction of sp³-hybridized carbons (Fsp3) is 0.238. The van der Waals surface area contributed by atoms with Gasteiger partial charge < -0.3 is 15.1 Å². The van der Waals surface area contributed by atoms with Crippen molar-refractivity contribution in [2.45, 2.75) is 34.2 Å². The van der Waals surface area contributed by atoms with Crippen molar-refractivity contribution in [3.05, 3.63) is 70.9 Å². The Hall–Kier alpha value is -3.26. The Morgan fingerprint density at radius 1 is 1.03 bits per heavy atom. The summed E-state index contributed by atoms with van der Waals surface area (Å²) >= 11 is 5.48. The summed E-state index contributed by atoms with van der Waals surface area (Å²) in [5, 5.41) is 9.82. The van der Waals surface area contributed by atoms with Gasteiger partial charge in [-0.25, -0.2) is 15.0 Å². The van der Waals surface area contributed by atoms with Crippen LogP contribution in [0.2, 0.25) is 0 Å². The maximum atomic E-state index is 5.48. The van der Waals surface area contributed by atoms with Gasteiger partial charge in [0.2, 0.25) is 11.9 Å². The molecular weight excluding hydrogens is 384 g/mol. The van der Waals surface area contributed by atoms with Gasteiger partial charge in [0.15, 0.2) is 5.11 Å². The van der Waals surface area contributed by atoms with Crippen molar-refractivity contribution in [3.63, 3.8) is 0 Å². The number of hydrogen-bond donors (Lipinski definition) is 3. The predicted octanol–water partition coefficient (Wildman–Crippen LogP) is 4.26. The minimum atomic E-state index is 0.347. The normalized spacial score (nSPS) is 11.2. The SMILES string of the molecule is Cc1ccc(NC(=S)NC(=NCc2ccco2)Nc2nc(C)cc(C)n2)c(C)c1. The lowest BCUT2D eigenvalue weighted by Gasteiger charge is -2.15. The zero-order valence-corrected chi connectivity index (χ0v) is 17.7. The minimum Gasteiger partial charge on any atom is -0.467 e. The summed E-state index contributed by atoms with van der Waals surface area (Å²) in [5.41, 5.74) is 4.96. The van der Waals surface area contributed by atoms with Crippen LogP contribution in [0.15, 0.2) is 52.1 Å². The molecule has 29 heavy (non-hydrogen) atoms. The van der Waals surface area contributed by atoms with Crippen LogP contribution in [-0.2, 0) is 6.54 Å². The molecule has 150 valence electrons. The summed E-state index contributed by atoms with van der Waals surface area (Å²) in [6, 6.07) is 11.7. The third-order valence-corrected chi connectivity index (χ3v) is 4.25. The van der Waals surface area contributed by atoms with Crippen molar-refractivity contribution in [3.8, 4) is 0 Å². The van der Waals surface area contributed by atoms with Crippen LogP contribution in [0.25, 0.3) is 0 Å². The minimum absolute atomic E-state index is 0.347. The van der Waals surface area contributed by atoms with E-state index in [-0.39, 0.29) is 0 Å². The van der Waals surface area contributed by atoms with Gasteiger partial charge in [-0.3, -0.25) is 5.32 Å².